The fourth-order valence-electron chi connectivity index (χ4n) is 2.89. The Balaban J connectivity index is 2.09. The van der Waals surface area contributed by atoms with Crippen LogP contribution in [-0.2, 0) is 15.8 Å². The fraction of sp³-hybridized carbons (Fsp3) is 0.765. The number of carbonyl (C=O) groups excluding carboxylic acids is 1. The maximum Gasteiger partial charge on any atom is 0.410 e. The molecule has 1 aromatic heterocycles. The monoisotopic (exact) mass is 322 g/mol. The number of ether oxygens (including phenoxy) is 1. The lowest BCUT2D eigenvalue weighted by Crippen LogP contribution is -2.52. The summed E-state index contributed by atoms with van der Waals surface area (Å²) < 4.78 is 7.44. The third kappa shape index (κ3) is 4.05. The maximum absolute atomic E-state index is 12.2. The van der Waals surface area contributed by atoms with Gasteiger partial charge in [0.2, 0.25) is 0 Å². The van der Waals surface area contributed by atoms with Crippen molar-refractivity contribution < 1.29 is 9.53 Å². The Morgan fingerprint density at radius 3 is 2.26 bits per heavy atom. The molecular formula is C17H30N4O2. The van der Waals surface area contributed by atoms with Gasteiger partial charge < -0.3 is 15.4 Å². The molecule has 1 aromatic rings. The first-order chi connectivity index (χ1) is 10.4. The minimum atomic E-state index is -0.473. The number of amides is 1. The molecule has 1 aliphatic rings. The zero-order chi connectivity index (χ0) is 17.5. The molecule has 130 valence electrons. The third-order valence-electron chi connectivity index (χ3n) is 4.10. The van der Waals surface area contributed by atoms with Gasteiger partial charge in [0.15, 0.2) is 0 Å². The molecule has 0 atom stereocenters. The number of hydrogen-bond acceptors (Lipinski definition) is 4. The summed E-state index contributed by atoms with van der Waals surface area (Å²) in [6, 6.07) is 1.99. The molecule has 0 unspecified atom stereocenters. The summed E-state index contributed by atoms with van der Waals surface area (Å²) in [5.41, 5.74) is 6.66. The average Bonchev–Trinajstić information content (AvgIpc) is 2.87. The van der Waals surface area contributed by atoms with Crippen molar-refractivity contribution in [3.05, 3.63) is 18.0 Å². The van der Waals surface area contributed by atoms with Crippen LogP contribution in [0.1, 0.15) is 60.1 Å². The van der Waals surface area contributed by atoms with Crippen LogP contribution < -0.4 is 5.73 Å². The predicted molar refractivity (Wildman–Crippen MR) is 90.1 cm³/mol. The number of hydrogen-bond donors (Lipinski definition) is 1. The minimum Gasteiger partial charge on any atom is -0.444 e. The molecule has 1 amide bonds. The predicted octanol–water partition coefficient (Wildman–Crippen LogP) is 2.82. The maximum atomic E-state index is 12.2. The van der Waals surface area contributed by atoms with Gasteiger partial charge in [0.1, 0.15) is 5.60 Å². The molecule has 0 bridgehead atoms. The number of aromatic nitrogens is 2. The molecule has 0 radical (unpaired) electrons. The molecule has 2 heterocycles. The van der Waals surface area contributed by atoms with Crippen LogP contribution in [0.5, 0.6) is 0 Å². The van der Waals surface area contributed by atoms with Crippen molar-refractivity contribution in [2.24, 2.45) is 5.73 Å². The third-order valence-corrected chi connectivity index (χ3v) is 4.10. The van der Waals surface area contributed by atoms with Crippen molar-refractivity contribution in [1.82, 2.24) is 14.7 Å². The van der Waals surface area contributed by atoms with Crippen molar-refractivity contribution in [2.45, 2.75) is 71.1 Å². The smallest absolute Gasteiger partial charge is 0.410 e. The largest absolute Gasteiger partial charge is 0.444 e. The van der Waals surface area contributed by atoms with Crippen LogP contribution in [0.25, 0.3) is 0 Å². The van der Waals surface area contributed by atoms with E-state index in [2.05, 4.69) is 25.9 Å². The molecule has 2 rings (SSSR count). The van der Waals surface area contributed by atoms with E-state index < -0.39 is 11.1 Å². The van der Waals surface area contributed by atoms with Crippen LogP contribution in [0.3, 0.4) is 0 Å². The van der Waals surface area contributed by atoms with Crippen LogP contribution in [0.4, 0.5) is 4.79 Å². The first kappa shape index (κ1) is 17.8. The van der Waals surface area contributed by atoms with Gasteiger partial charge in [-0.25, -0.2) is 4.79 Å². The van der Waals surface area contributed by atoms with Crippen molar-refractivity contribution in [3.63, 3.8) is 0 Å². The van der Waals surface area contributed by atoms with E-state index in [-0.39, 0.29) is 11.6 Å². The highest BCUT2D eigenvalue weighted by Crippen LogP contribution is 2.33. The van der Waals surface area contributed by atoms with Gasteiger partial charge in [0, 0.05) is 19.3 Å². The summed E-state index contributed by atoms with van der Waals surface area (Å²) in [4.78, 5) is 13.9. The van der Waals surface area contributed by atoms with E-state index >= 15 is 0 Å². The standard InChI is InChI=1S/C17H30N4O2/c1-15(2,3)21-13(7-10-19-21)17(18)8-11-20(12-9-17)14(22)23-16(4,5)6/h7,10H,8-9,11-12,18H2,1-6H3. The number of carbonyl (C=O) groups is 1. The lowest BCUT2D eigenvalue weighted by Gasteiger charge is -2.41. The molecule has 1 saturated heterocycles. The Hall–Kier alpha value is -1.56. The summed E-state index contributed by atoms with van der Waals surface area (Å²) in [7, 11) is 0. The van der Waals surface area contributed by atoms with Crippen LogP contribution in [0, 0.1) is 0 Å². The second-order valence-electron chi connectivity index (χ2n) is 8.42. The second-order valence-corrected chi connectivity index (χ2v) is 8.42. The van der Waals surface area contributed by atoms with E-state index in [9.17, 15) is 4.79 Å². The lowest BCUT2D eigenvalue weighted by atomic mass is 9.85. The van der Waals surface area contributed by atoms with Gasteiger partial charge in [-0.15, -0.1) is 0 Å². The molecule has 0 saturated carbocycles. The van der Waals surface area contributed by atoms with Gasteiger partial charge in [-0.2, -0.15) is 5.10 Å². The summed E-state index contributed by atoms with van der Waals surface area (Å²) in [5, 5.41) is 4.44. The molecule has 6 heteroatoms. The zero-order valence-electron chi connectivity index (χ0n) is 15.2. The quantitative estimate of drug-likeness (QED) is 0.863. The van der Waals surface area contributed by atoms with Crippen molar-refractivity contribution in [2.75, 3.05) is 13.1 Å². The molecule has 0 aliphatic carbocycles. The van der Waals surface area contributed by atoms with Crippen LogP contribution >= 0.6 is 0 Å². The van der Waals surface area contributed by atoms with Crippen molar-refractivity contribution in [3.8, 4) is 0 Å². The van der Waals surface area contributed by atoms with E-state index in [1.165, 1.54) is 0 Å². The number of rotatable bonds is 1. The lowest BCUT2D eigenvalue weighted by molar-refractivity contribution is 0.0160. The number of nitrogens with zero attached hydrogens (tertiary/aromatic N) is 3. The van der Waals surface area contributed by atoms with Crippen LogP contribution in [-0.4, -0.2) is 39.5 Å². The van der Waals surface area contributed by atoms with Gasteiger partial charge >= 0.3 is 6.09 Å². The van der Waals surface area contributed by atoms with E-state index in [4.69, 9.17) is 10.5 Å². The summed E-state index contributed by atoms with van der Waals surface area (Å²) in [6.07, 6.45) is 2.95. The topological polar surface area (TPSA) is 73.4 Å². The normalized spacial score (nSPS) is 18.8. The molecule has 0 spiro atoms. The van der Waals surface area contributed by atoms with E-state index in [1.54, 1.807) is 11.1 Å². The molecule has 2 N–H and O–H groups in total. The van der Waals surface area contributed by atoms with Gasteiger partial charge in [-0.3, -0.25) is 4.68 Å². The Bertz CT molecular complexity index is 558. The van der Waals surface area contributed by atoms with E-state index in [0.717, 1.165) is 5.69 Å². The number of likely N-dealkylation sites (tertiary alicyclic amines) is 1. The number of nitrogens with two attached hydrogens (primary N) is 1. The van der Waals surface area contributed by atoms with Gasteiger partial charge in [0.25, 0.3) is 0 Å². The van der Waals surface area contributed by atoms with Gasteiger partial charge in [0.05, 0.1) is 16.8 Å². The second kappa shape index (κ2) is 5.82. The van der Waals surface area contributed by atoms with E-state index in [1.807, 2.05) is 31.5 Å². The Morgan fingerprint density at radius 1 is 1.22 bits per heavy atom. The SMILES string of the molecule is CC(C)(C)OC(=O)N1CCC(N)(c2ccnn2C(C)(C)C)CC1. The molecule has 23 heavy (non-hydrogen) atoms. The summed E-state index contributed by atoms with van der Waals surface area (Å²) in [5.74, 6) is 0. The Morgan fingerprint density at radius 2 is 1.78 bits per heavy atom. The van der Waals surface area contributed by atoms with Crippen LogP contribution in [0.15, 0.2) is 12.3 Å². The van der Waals surface area contributed by atoms with Crippen LogP contribution in [0.2, 0.25) is 0 Å². The summed E-state index contributed by atoms with van der Waals surface area (Å²) in [6.45, 7) is 13.2. The average molecular weight is 322 g/mol. The number of piperidine rings is 1. The summed E-state index contributed by atoms with van der Waals surface area (Å²) >= 11 is 0. The van der Waals surface area contributed by atoms with Crippen molar-refractivity contribution >= 4 is 6.09 Å². The minimum absolute atomic E-state index is 0.118. The van der Waals surface area contributed by atoms with E-state index in [0.29, 0.717) is 25.9 Å². The fourth-order valence-corrected chi connectivity index (χ4v) is 2.89. The van der Waals surface area contributed by atoms with Crippen molar-refractivity contribution in [1.29, 1.82) is 0 Å². The Labute approximate surface area is 139 Å². The highest BCUT2D eigenvalue weighted by atomic mass is 16.6. The molecule has 1 fully saturated rings. The molecule has 0 aromatic carbocycles. The first-order valence-electron chi connectivity index (χ1n) is 8.24. The first-order valence-corrected chi connectivity index (χ1v) is 8.24. The molecular weight excluding hydrogens is 292 g/mol. The molecule has 1 aliphatic heterocycles. The molecule has 6 nitrogen and oxygen atoms in total. The Kier molecular flexibility index (Phi) is 4.50. The highest BCUT2D eigenvalue weighted by Gasteiger charge is 2.38. The highest BCUT2D eigenvalue weighted by molar-refractivity contribution is 5.68. The van der Waals surface area contributed by atoms with Gasteiger partial charge in [-0.05, 0) is 60.5 Å². The zero-order valence-corrected chi connectivity index (χ0v) is 15.2. The van der Waals surface area contributed by atoms with Gasteiger partial charge in [-0.1, -0.05) is 0 Å².